The molecule has 214 valence electrons. The first-order valence-corrected chi connectivity index (χ1v) is 13.8. The summed E-state index contributed by atoms with van der Waals surface area (Å²) in [6, 6.07) is 0. The van der Waals surface area contributed by atoms with Crippen LogP contribution in [-0.2, 0) is 23.9 Å². The zero-order chi connectivity index (χ0) is 29.6. The van der Waals surface area contributed by atoms with Gasteiger partial charge in [-0.3, -0.25) is 14.4 Å². The number of Topliss-reactive ketones (excluding diaryl/α,β-unsaturated/α-hetero) is 1. The average Bonchev–Trinajstić information content (AvgIpc) is 3.09. The molecule has 0 aliphatic heterocycles. The van der Waals surface area contributed by atoms with E-state index < -0.39 is 39.9 Å². The van der Waals surface area contributed by atoms with Crippen molar-refractivity contribution in [3.8, 4) is 0 Å². The first-order valence-electron chi connectivity index (χ1n) is 13.8. The van der Waals surface area contributed by atoms with Crippen LogP contribution < -0.4 is 5.11 Å². The van der Waals surface area contributed by atoms with Crippen LogP contribution in [0.4, 0.5) is 0 Å². The maximum atomic E-state index is 13.5. The molecule has 3 rings (SSSR count). The van der Waals surface area contributed by atoms with E-state index >= 15 is 0 Å². The molecule has 0 spiro atoms. The monoisotopic (exact) mass is 539 g/mol. The van der Waals surface area contributed by atoms with Crippen molar-refractivity contribution in [3.05, 3.63) is 47.1 Å². The molecular formula is C32H43O7-. The van der Waals surface area contributed by atoms with Crippen molar-refractivity contribution < 1.29 is 34.1 Å². The highest BCUT2D eigenvalue weighted by Crippen LogP contribution is 2.69. The highest BCUT2D eigenvalue weighted by Gasteiger charge is 2.66. The van der Waals surface area contributed by atoms with Crippen LogP contribution in [0.25, 0.3) is 0 Å². The molecule has 0 aromatic carbocycles. The van der Waals surface area contributed by atoms with Gasteiger partial charge in [0, 0.05) is 35.3 Å². The fourth-order valence-electron chi connectivity index (χ4n) is 7.82. The Balaban J connectivity index is 1.94. The number of carbonyl (C=O) groups excluding carboxylic acids is 4. The van der Waals surface area contributed by atoms with Crippen molar-refractivity contribution in [2.75, 3.05) is 0 Å². The lowest BCUT2D eigenvalue weighted by Crippen LogP contribution is -2.64. The zero-order valence-electron chi connectivity index (χ0n) is 24.6. The summed E-state index contributed by atoms with van der Waals surface area (Å²) in [6.07, 6.45) is 9.91. The largest absolute Gasteiger partial charge is 0.549 e. The molecule has 7 nitrogen and oxygen atoms in total. The number of hydrogen-bond donors (Lipinski definition) is 1. The van der Waals surface area contributed by atoms with Crippen molar-refractivity contribution in [2.45, 2.75) is 99.2 Å². The number of aliphatic hydroxyl groups is 1. The molecule has 0 bridgehead atoms. The Kier molecular flexibility index (Phi) is 8.39. The van der Waals surface area contributed by atoms with Gasteiger partial charge >= 0.3 is 5.97 Å². The third kappa shape index (κ3) is 5.60. The van der Waals surface area contributed by atoms with Crippen LogP contribution in [0.2, 0.25) is 0 Å². The van der Waals surface area contributed by atoms with Gasteiger partial charge in [-0.15, -0.1) is 0 Å². The second-order valence-corrected chi connectivity index (χ2v) is 13.0. The van der Waals surface area contributed by atoms with Crippen LogP contribution in [0.15, 0.2) is 47.1 Å². The molecule has 0 aromatic heterocycles. The summed E-state index contributed by atoms with van der Waals surface area (Å²) in [5.41, 5.74) is -1.55. The highest BCUT2D eigenvalue weighted by molar-refractivity contribution is 6.12. The van der Waals surface area contributed by atoms with Crippen LogP contribution in [0.1, 0.15) is 87.5 Å². The van der Waals surface area contributed by atoms with E-state index in [0.717, 1.165) is 5.57 Å². The molecule has 6 atom stereocenters. The van der Waals surface area contributed by atoms with E-state index in [1.165, 1.54) is 13.0 Å². The van der Waals surface area contributed by atoms with E-state index in [1.807, 2.05) is 13.8 Å². The van der Waals surface area contributed by atoms with Gasteiger partial charge in [0.1, 0.15) is 6.10 Å². The lowest BCUT2D eigenvalue weighted by atomic mass is 9.42. The van der Waals surface area contributed by atoms with E-state index in [2.05, 4.69) is 6.92 Å². The number of rotatable bonds is 7. The summed E-state index contributed by atoms with van der Waals surface area (Å²) >= 11 is 0. The molecule has 3 fully saturated rings. The Bertz CT molecular complexity index is 1180. The molecular weight excluding hydrogens is 496 g/mol. The van der Waals surface area contributed by atoms with Gasteiger partial charge in [0.15, 0.2) is 11.6 Å². The van der Waals surface area contributed by atoms with Crippen LogP contribution in [0.3, 0.4) is 0 Å². The molecule has 7 heteroatoms. The normalized spacial score (nSPS) is 36.6. The predicted molar refractivity (Wildman–Crippen MR) is 146 cm³/mol. The number of carboxylic acid groups (broad SMARTS) is 1. The fourth-order valence-corrected chi connectivity index (χ4v) is 7.82. The molecule has 1 N–H and O–H groups in total. The number of hydrogen-bond acceptors (Lipinski definition) is 7. The summed E-state index contributed by atoms with van der Waals surface area (Å²) in [5, 5.41) is 22.4. The second-order valence-electron chi connectivity index (χ2n) is 13.0. The van der Waals surface area contributed by atoms with E-state index in [-0.39, 0.29) is 29.8 Å². The second kappa shape index (κ2) is 10.6. The van der Waals surface area contributed by atoms with Gasteiger partial charge in [0.05, 0.1) is 11.6 Å². The molecule has 3 aliphatic rings. The van der Waals surface area contributed by atoms with E-state index in [0.29, 0.717) is 36.8 Å². The van der Waals surface area contributed by atoms with Crippen LogP contribution in [-0.4, -0.2) is 40.3 Å². The molecule has 0 amide bonds. The van der Waals surface area contributed by atoms with Gasteiger partial charge in [-0.05, 0) is 76.7 Å². The topological polar surface area (TPSA) is 121 Å². The number of allylic oxidation sites excluding steroid dienone is 7. The third-order valence-electron chi connectivity index (χ3n) is 9.74. The summed E-state index contributed by atoms with van der Waals surface area (Å²) in [7, 11) is 0. The molecule has 3 saturated carbocycles. The molecule has 39 heavy (non-hydrogen) atoms. The lowest BCUT2D eigenvalue weighted by molar-refractivity contribution is -0.334. The molecule has 0 aromatic rings. The van der Waals surface area contributed by atoms with Crippen molar-refractivity contribution >= 4 is 23.5 Å². The maximum Gasteiger partial charge on any atom is 0.302 e. The minimum Gasteiger partial charge on any atom is -0.549 e. The lowest BCUT2D eigenvalue weighted by Gasteiger charge is -2.63. The SMILES string of the molecule is CC(=O)O[C@@H]1CC[C@@]2(C)[C@@H](CC[C@]3(C)/C(=C(\C)C(=O)/C=C/C(C)=C/C=C/C(C)(C)O)C(=O)C[C@@H]23)[C@@]1(C)C(=O)[O-]. The average molecular weight is 540 g/mol. The minimum absolute atomic E-state index is 0.0544. The number of esters is 1. The summed E-state index contributed by atoms with van der Waals surface area (Å²) < 4.78 is 5.49. The van der Waals surface area contributed by atoms with Gasteiger partial charge < -0.3 is 19.7 Å². The number of ketones is 2. The Hall–Kier alpha value is -2.80. The summed E-state index contributed by atoms with van der Waals surface area (Å²) in [4.78, 5) is 51.0. The van der Waals surface area contributed by atoms with Gasteiger partial charge in [0.2, 0.25) is 0 Å². The molecule has 0 saturated heterocycles. The smallest absolute Gasteiger partial charge is 0.302 e. The highest BCUT2D eigenvalue weighted by atomic mass is 16.5. The minimum atomic E-state index is -1.37. The standard InChI is InChI=1S/C32H44O7/c1-19(10-9-15-29(4,5)38)11-12-22(34)20(2)27-23(35)18-25-30(6)17-14-26(39-21(3)33)32(8,28(36)37)24(30)13-16-31(25,27)7/h9-12,15,24-26,38H,13-14,16-18H2,1-8H3,(H,36,37)/p-1/b12-11+,15-9+,19-10+,27-20+/t24-,25+,26-,30+,31+,32-/m1/s1. The molecule has 0 unspecified atom stereocenters. The Labute approximate surface area is 232 Å². The number of fused-ring (bicyclic) bond motifs is 3. The third-order valence-corrected chi connectivity index (χ3v) is 9.74. The number of carbonyl (C=O) groups is 4. The predicted octanol–water partition coefficient (Wildman–Crippen LogP) is 4.19. The van der Waals surface area contributed by atoms with E-state index in [9.17, 15) is 29.4 Å². The number of ether oxygens (including phenoxy) is 1. The number of carboxylic acids is 1. The van der Waals surface area contributed by atoms with Crippen LogP contribution >= 0.6 is 0 Å². The van der Waals surface area contributed by atoms with Gasteiger partial charge in [-0.25, -0.2) is 0 Å². The van der Waals surface area contributed by atoms with Crippen molar-refractivity contribution in [2.24, 2.45) is 28.1 Å². The maximum absolute atomic E-state index is 13.5. The quantitative estimate of drug-likeness (QED) is 0.292. The Morgan fingerprint density at radius 2 is 1.67 bits per heavy atom. The Morgan fingerprint density at radius 3 is 2.23 bits per heavy atom. The summed E-state index contributed by atoms with van der Waals surface area (Å²) in [5.74, 6) is -2.50. The van der Waals surface area contributed by atoms with Crippen LogP contribution in [0.5, 0.6) is 0 Å². The Morgan fingerprint density at radius 1 is 1.03 bits per heavy atom. The number of aliphatic carboxylic acids is 1. The van der Waals surface area contributed by atoms with Crippen molar-refractivity contribution in [1.82, 2.24) is 0 Å². The summed E-state index contributed by atoms with van der Waals surface area (Å²) in [6.45, 7) is 13.9. The van der Waals surface area contributed by atoms with Crippen molar-refractivity contribution in [1.29, 1.82) is 0 Å². The van der Waals surface area contributed by atoms with E-state index in [4.69, 9.17) is 4.74 Å². The van der Waals surface area contributed by atoms with Gasteiger partial charge in [-0.1, -0.05) is 50.6 Å². The first kappa shape index (κ1) is 30.7. The first-order chi connectivity index (χ1) is 17.9. The molecule has 0 radical (unpaired) electrons. The van der Waals surface area contributed by atoms with Crippen LogP contribution in [0, 0.1) is 28.1 Å². The van der Waals surface area contributed by atoms with Gasteiger partial charge in [-0.2, -0.15) is 0 Å². The molecule has 0 heterocycles. The fraction of sp³-hybridized carbons (Fsp3) is 0.625. The van der Waals surface area contributed by atoms with Crippen molar-refractivity contribution in [3.63, 3.8) is 0 Å². The van der Waals surface area contributed by atoms with E-state index in [1.54, 1.807) is 52.0 Å². The zero-order valence-corrected chi connectivity index (χ0v) is 24.6. The molecule has 3 aliphatic carbocycles. The van der Waals surface area contributed by atoms with Gasteiger partial charge in [0.25, 0.3) is 0 Å².